The van der Waals surface area contributed by atoms with Gasteiger partial charge in [-0.05, 0) is 30.3 Å². The van der Waals surface area contributed by atoms with Crippen LogP contribution in [-0.2, 0) is 12.7 Å². The average Bonchev–Trinajstić information content (AvgIpc) is 2.91. The molecule has 0 saturated carbocycles. The van der Waals surface area contributed by atoms with E-state index in [-0.39, 0.29) is 11.3 Å². The van der Waals surface area contributed by atoms with Crippen molar-refractivity contribution in [1.82, 2.24) is 20.0 Å². The maximum atomic E-state index is 13.5. The van der Waals surface area contributed by atoms with Crippen molar-refractivity contribution in [2.45, 2.75) is 12.7 Å². The minimum atomic E-state index is -4.61. The number of benzene rings is 1. The molecule has 0 saturated heterocycles. The molecule has 2 aromatic rings. The molecule has 0 amide bonds. The van der Waals surface area contributed by atoms with E-state index in [1.807, 2.05) is 29.2 Å². The minimum absolute atomic E-state index is 0.0437. The van der Waals surface area contributed by atoms with Crippen molar-refractivity contribution < 1.29 is 17.6 Å². The Morgan fingerprint density at radius 1 is 1.08 bits per heavy atom. The van der Waals surface area contributed by atoms with E-state index in [0.717, 1.165) is 18.8 Å². The highest BCUT2D eigenvalue weighted by atomic mass is 19.4. The minimum Gasteiger partial charge on any atom is -0.362 e. The number of nitrogens with zero attached hydrogens (tertiary/aromatic N) is 4. The van der Waals surface area contributed by atoms with Gasteiger partial charge in [0.05, 0.1) is 30.2 Å². The van der Waals surface area contributed by atoms with Crippen LogP contribution >= 0.6 is 0 Å². The van der Waals surface area contributed by atoms with Gasteiger partial charge < -0.3 is 9.80 Å². The van der Waals surface area contributed by atoms with Crippen LogP contribution in [0.4, 0.5) is 17.6 Å². The van der Waals surface area contributed by atoms with Crippen LogP contribution in [0.5, 0.6) is 0 Å². The fourth-order valence-electron chi connectivity index (χ4n) is 2.40. The van der Waals surface area contributed by atoms with Crippen LogP contribution in [-0.4, -0.2) is 33.7 Å². The third-order valence-electron chi connectivity index (χ3n) is 3.54. The Kier molecular flexibility index (Phi) is 4.13. The Morgan fingerprint density at radius 3 is 2.46 bits per heavy atom. The summed E-state index contributed by atoms with van der Waals surface area (Å²) in [4.78, 5) is 4.00. The van der Waals surface area contributed by atoms with Gasteiger partial charge in [-0.25, -0.2) is 4.39 Å². The SMILES string of the molecule is CN1C=CN(Cc2ccc(-c3cc(F)cc(C(F)(F)F)c3)nn2)C1. The molecular formula is C16H14F4N4. The number of halogens is 4. The zero-order valence-corrected chi connectivity index (χ0v) is 12.8. The first-order valence-corrected chi connectivity index (χ1v) is 7.15. The topological polar surface area (TPSA) is 32.3 Å². The van der Waals surface area contributed by atoms with E-state index in [0.29, 0.717) is 18.3 Å². The molecule has 126 valence electrons. The number of rotatable bonds is 3. The molecule has 1 aromatic heterocycles. The fraction of sp³-hybridized carbons (Fsp3) is 0.250. The Balaban J connectivity index is 1.81. The van der Waals surface area contributed by atoms with Gasteiger partial charge in [-0.2, -0.15) is 23.4 Å². The molecule has 1 aliphatic rings. The van der Waals surface area contributed by atoms with Crippen LogP contribution in [0.15, 0.2) is 42.7 Å². The van der Waals surface area contributed by atoms with Gasteiger partial charge in [0.15, 0.2) is 0 Å². The number of hydrogen-bond donors (Lipinski definition) is 0. The van der Waals surface area contributed by atoms with Crippen LogP contribution < -0.4 is 0 Å². The highest BCUT2D eigenvalue weighted by molar-refractivity contribution is 5.60. The second-order valence-electron chi connectivity index (χ2n) is 5.58. The zero-order chi connectivity index (χ0) is 17.3. The summed E-state index contributed by atoms with van der Waals surface area (Å²) >= 11 is 0. The normalized spacial score (nSPS) is 14.5. The fourth-order valence-corrected chi connectivity index (χ4v) is 2.40. The molecule has 0 spiro atoms. The highest BCUT2D eigenvalue weighted by Crippen LogP contribution is 2.32. The lowest BCUT2D eigenvalue weighted by molar-refractivity contribution is -0.137. The quantitative estimate of drug-likeness (QED) is 0.802. The lowest BCUT2D eigenvalue weighted by Gasteiger charge is -2.17. The molecule has 3 rings (SSSR count). The molecular weight excluding hydrogens is 324 g/mol. The van der Waals surface area contributed by atoms with Crippen LogP contribution in [0.2, 0.25) is 0 Å². The van der Waals surface area contributed by atoms with E-state index in [1.165, 1.54) is 0 Å². The standard InChI is InChI=1S/C16H14F4N4/c1-23-4-5-24(10-23)9-14-2-3-15(22-21-14)11-6-12(16(18,19)20)8-13(17)7-11/h2-8H,9-10H2,1H3. The van der Waals surface area contributed by atoms with Gasteiger partial charge in [-0.15, -0.1) is 0 Å². The van der Waals surface area contributed by atoms with E-state index in [9.17, 15) is 17.6 Å². The summed E-state index contributed by atoms with van der Waals surface area (Å²) in [6.45, 7) is 1.26. The summed E-state index contributed by atoms with van der Waals surface area (Å²) in [5, 5.41) is 7.94. The first-order valence-electron chi connectivity index (χ1n) is 7.15. The molecule has 0 aliphatic carbocycles. The zero-order valence-electron chi connectivity index (χ0n) is 12.8. The molecule has 0 fully saturated rings. The lowest BCUT2D eigenvalue weighted by atomic mass is 10.1. The molecule has 1 aromatic carbocycles. The molecule has 0 N–H and O–H groups in total. The largest absolute Gasteiger partial charge is 0.416 e. The molecule has 1 aliphatic heterocycles. The smallest absolute Gasteiger partial charge is 0.362 e. The second kappa shape index (κ2) is 6.10. The Bertz CT molecular complexity index is 756. The Morgan fingerprint density at radius 2 is 1.88 bits per heavy atom. The van der Waals surface area contributed by atoms with Crippen LogP contribution in [0.3, 0.4) is 0 Å². The van der Waals surface area contributed by atoms with E-state index in [2.05, 4.69) is 10.2 Å². The third kappa shape index (κ3) is 3.64. The van der Waals surface area contributed by atoms with Crippen molar-refractivity contribution in [2.75, 3.05) is 13.7 Å². The van der Waals surface area contributed by atoms with Crippen LogP contribution in [0.25, 0.3) is 11.3 Å². The first-order chi connectivity index (χ1) is 11.3. The van der Waals surface area contributed by atoms with Crippen LogP contribution in [0.1, 0.15) is 11.3 Å². The van der Waals surface area contributed by atoms with Gasteiger partial charge in [0.2, 0.25) is 0 Å². The predicted molar refractivity (Wildman–Crippen MR) is 79.7 cm³/mol. The summed E-state index contributed by atoms with van der Waals surface area (Å²) in [6.07, 6.45) is -0.774. The summed E-state index contributed by atoms with van der Waals surface area (Å²) in [5.41, 5.74) is -0.139. The van der Waals surface area contributed by atoms with Crippen molar-refractivity contribution in [3.8, 4) is 11.3 Å². The van der Waals surface area contributed by atoms with Gasteiger partial charge in [-0.1, -0.05) is 0 Å². The molecule has 0 unspecified atom stereocenters. The molecule has 0 radical (unpaired) electrons. The van der Waals surface area contributed by atoms with Crippen molar-refractivity contribution >= 4 is 0 Å². The molecule has 4 nitrogen and oxygen atoms in total. The van der Waals surface area contributed by atoms with Crippen molar-refractivity contribution in [3.63, 3.8) is 0 Å². The van der Waals surface area contributed by atoms with Gasteiger partial charge >= 0.3 is 6.18 Å². The maximum absolute atomic E-state index is 13.5. The van der Waals surface area contributed by atoms with E-state index < -0.39 is 17.6 Å². The Labute approximate surface area is 136 Å². The summed E-state index contributed by atoms with van der Waals surface area (Å²) in [5.74, 6) is -0.962. The third-order valence-corrected chi connectivity index (χ3v) is 3.54. The van der Waals surface area contributed by atoms with E-state index in [4.69, 9.17) is 0 Å². The van der Waals surface area contributed by atoms with Crippen molar-refractivity contribution in [3.05, 3.63) is 59.8 Å². The van der Waals surface area contributed by atoms with Gasteiger partial charge in [0.25, 0.3) is 0 Å². The van der Waals surface area contributed by atoms with Crippen molar-refractivity contribution in [2.24, 2.45) is 0 Å². The molecule has 8 heteroatoms. The monoisotopic (exact) mass is 338 g/mol. The summed E-state index contributed by atoms with van der Waals surface area (Å²) in [7, 11) is 1.94. The second-order valence-corrected chi connectivity index (χ2v) is 5.58. The maximum Gasteiger partial charge on any atom is 0.416 e. The molecule has 0 atom stereocenters. The predicted octanol–water partition coefficient (Wildman–Crippen LogP) is 3.48. The first kappa shape index (κ1) is 16.2. The van der Waals surface area contributed by atoms with Crippen molar-refractivity contribution in [1.29, 1.82) is 0 Å². The van der Waals surface area contributed by atoms with E-state index >= 15 is 0 Å². The van der Waals surface area contributed by atoms with Gasteiger partial charge in [-0.3, -0.25) is 0 Å². The van der Waals surface area contributed by atoms with Crippen LogP contribution in [0, 0.1) is 5.82 Å². The highest BCUT2D eigenvalue weighted by Gasteiger charge is 2.31. The summed E-state index contributed by atoms with van der Waals surface area (Å²) in [6, 6.07) is 5.55. The molecule has 0 bridgehead atoms. The van der Waals surface area contributed by atoms with E-state index in [1.54, 1.807) is 12.1 Å². The number of aromatic nitrogens is 2. The lowest BCUT2D eigenvalue weighted by Crippen LogP contribution is -2.22. The summed E-state index contributed by atoms with van der Waals surface area (Å²) < 4.78 is 51.8. The Hall–Kier alpha value is -2.64. The van der Waals surface area contributed by atoms with Gasteiger partial charge in [0, 0.05) is 25.0 Å². The number of alkyl halides is 3. The molecule has 2 heterocycles. The average molecular weight is 338 g/mol. The molecule has 24 heavy (non-hydrogen) atoms. The number of hydrogen-bond acceptors (Lipinski definition) is 4. The van der Waals surface area contributed by atoms with Gasteiger partial charge in [0.1, 0.15) is 5.82 Å².